The predicted octanol–water partition coefficient (Wildman–Crippen LogP) is 1.07. The summed E-state index contributed by atoms with van der Waals surface area (Å²) in [6.45, 7) is 1.90. The van der Waals surface area contributed by atoms with E-state index in [2.05, 4.69) is 20.6 Å². The number of hydrogen-bond acceptors (Lipinski definition) is 3. The van der Waals surface area contributed by atoms with E-state index in [1.54, 1.807) is 12.4 Å². The van der Waals surface area contributed by atoms with E-state index in [0.717, 1.165) is 5.56 Å². The number of nitrogens with one attached hydrogen (secondary N) is 2. The number of nitrogens with zero attached hydrogens (tertiary/aromatic N) is 1. The van der Waals surface area contributed by atoms with Crippen molar-refractivity contribution in [2.45, 2.75) is 6.92 Å². The Labute approximate surface area is 76.1 Å². The molecule has 1 aromatic heterocycles. The molecular weight excluding hydrogens is 170 g/mol. The fraction of sp³-hybridized carbons (Fsp3) is 0.250. The molecule has 0 fully saturated rings. The summed E-state index contributed by atoms with van der Waals surface area (Å²) in [4.78, 5) is 19.3. The van der Waals surface area contributed by atoms with E-state index in [1.165, 1.54) is 7.11 Å². The third-order valence-corrected chi connectivity index (χ3v) is 1.33. The van der Waals surface area contributed by atoms with E-state index in [0.29, 0.717) is 5.69 Å². The van der Waals surface area contributed by atoms with Gasteiger partial charge in [0.2, 0.25) is 0 Å². The van der Waals surface area contributed by atoms with E-state index in [4.69, 9.17) is 0 Å². The third-order valence-electron chi connectivity index (χ3n) is 1.33. The van der Waals surface area contributed by atoms with Gasteiger partial charge in [0.1, 0.15) is 0 Å². The van der Waals surface area contributed by atoms with Crippen molar-refractivity contribution in [2.24, 2.45) is 0 Å². The van der Waals surface area contributed by atoms with Crippen LogP contribution in [0.2, 0.25) is 0 Å². The SMILES string of the molecule is CONC(=O)Nc1cncc(C)c1. The van der Waals surface area contributed by atoms with Crippen molar-refractivity contribution in [3.8, 4) is 0 Å². The summed E-state index contributed by atoms with van der Waals surface area (Å²) in [5.74, 6) is 0. The Morgan fingerprint density at radius 3 is 2.92 bits per heavy atom. The molecule has 0 atom stereocenters. The molecule has 70 valence electrons. The van der Waals surface area contributed by atoms with Crippen molar-refractivity contribution < 1.29 is 9.63 Å². The van der Waals surface area contributed by atoms with Crippen LogP contribution in [-0.2, 0) is 4.84 Å². The first-order valence-corrected chi connectivity index (χ1v) is 3.74. The zero-order valence-corrected chi connectivity index (χ0v) is 7.50. The van der Waals surface area contributed by atoms with Crippen LogP contribution in [0, 0.1) is 6.92 Å². The smallest absolute Gasteiger partial charge is 0.305 e. The highest BCUT2D eigenvalue weighted by Crippen LogP contribution is 2.06. The Kier molecular flexibility index (Phi) is 3.22. The van der Waals surface area contributed by atoms with Crippen molar-refractivity contribution in [3.05, 3.63) is 24.0 Å². The van der Waals surface area contributed by atoms with Crippen LogP contribution in [0.15, 0.2) is 18.5 Å². The number of rotatable bonds is 2. The minimum Gasteiger partial charge on any atom is -0.305 e. The second kappa shape index (κ2) is 4.42. The van der Waals surface area contributed by atoms with E-state index >= 15 is 0 Å². The number of pyridine rings is 1. The molecule has 0 aliphatic carbocycles. The van der Waals surface area contributed by atoms with Crippen molar-refractivity contribution in [2.75, 3.05) is 12.4 Å². The molecule has 0 saturated carbocycles. The maximum absolute atomic E-state index is 10.9. The highest BCUT2D eigenvalue weighted by atomic mass is 16.6. The highest BCUT2D eigenvalue weighted by molar-refractivity contribution is 5.88. The van der Waals surface area contributed by atoms with Gasteiger partial charge >= 0.3 is 6.03 Å². The lowest BCUT2D eigenvalue weighted by Gasteiger charge is -2.04. The Morgan fingerprint density at radius 1 is 1.54 bits per heavy atom. The van der Waals surface area contributed by atoms with Gasteiger partial charge in [-0.2, -0.15) is 0 Å². The summed E-state index contributed by atoms with van der Waals surface area (Å²) in [6, 6.07) is 1.39. The van der Waals surface area contributed by atoms with Crippen LogP contribution in [0.4, 0.5) is 10.5 Å². The molecule has 5 heteroatoms. The molecule has 0 radical (unpaired) electrons. The quantitative estimate of drug-likeness (QED) is 0.671. The van der Waals surface area contributed by atoms with Crippen molar-refractivity contribution in [1.29, 1.82) is 0 Å². The summed E-state index contributed by atoms with van der Waals surface area (Å²) < 4.78 is 0. The molecule has 0 aliphatic heterocycles. The van der Waals surface area contributed by atoms with Gasteiger partial charge in [-0.05, 0) is 18.6 Å². The first-order chi connectivity index (χ1) is 6.22. The normalized spacial score (nSPS) is 9.38. The number of anilines is 1. The average molecular weight is 181 g/mol. The number of hydroxylamine groups is 1. The molecule has 1 rings (SSSR count). The first-order valence-electron chi connectivity index (χ1n) is 3.74. The van der Waals surface area contributed by atoms with Gasteiger partial charge in [-0.1, -0.05) is 0 Å². The van der Waals surface area contributed by atoms with Crippen LogP contribution in [-0.4, -0.2) is 18.1 Å². The van der Waals surface area contributed by atoms with E-state index in [9.17, 15) is 4.79 Å². The first kappa shape index (κ1) is 9.47. The predicted molar refractivity (Wildman–Crippen MR) is 48.1 cm³/mol. The van der Waals surface area contributed by atoms with Crippen molar-refractivity contribution in [3.63, 3.8) is 0 Å². The molecule has 0 unspecified atom stereocenters. The lowest BCUT2D eigenvalue weighted by atomic mass is 10.3. The monoisotopic (exact) mass is 181 g/mol. The molecular formula is C8H11N3O2. The number of urea groups is 1. The lowest BCUT2D eigenvalue weighted by molar-refractivity contribution is 0.114. The van der Waals surface area contributed by atoms with Crippen LogP contribution >= 0.6 is 0 Å². The van der Waals surface area contributed by atoms with Gasteiger partial charge in [0, 0.05) is 6.20 Å². The average Bonchev–Trinajstić information content (AvgIpc) is 2.04. The Balaban J connectivity index is 2.58. The van der Waals surface area contributed by atoms with E-state index in [-0.39, 0.29) is 0 Å². The molecule has 2 amide bonds. The van der Waals surface area contributed by atoms with Crippen LogP contribution in [0.3, 0.4) is 0 Å². The molecule has 13 heavy (non-hydrogen) atoms. The van der Waals surface area contributed by atoms with Gasteiger partial charge in [-0.3, -0.25) is 9.82 Å². The molecule has 0 bridgehead atoms. The topological polar surface area (TPSA) is 63.2 Å². The molecule has 0 spiro atoms. The van der Waals surface area contributed by atoms with Crippen LogP contribution in [0.25, 0.3) is 0 Å². The largest absolute Gasteiger partial charge is 0.343 e. The molecule has 2 N–H and O–H groups in total. The standard InChI is InChI=1S/C8H11N3O2/c1-6-3-7(5-9-4-6)10-8(12)11-13-2/h3-5H,1-2H3,(H2,10,11,12). The number of carbonyl (C=O) groups is 1. The third kappa shape index (κ3) is 3.08. The van der Waals surface area contributed by atoms with Crippen LogP contribution in [0.1, 0.15) is 5.56 Å². The minimum atomic E-state index is -0.421. The maximum Gasteiger partial charge on any atom is 0.343 e. The van der Waals surface area contributed by atoms with Gasteiger partial charge in [0.05, 0.1) is 19.0 Å². The molecule has 0 aliphatic rings. The van der Waals surface area contributed by atoms with Crippen LogP contribution < -0.4 is 10.8 Å². The van der Waals surface area contributed by atoms with Gasteiger partial charge < -0.3 is 5.32 Å². The van der Waals surface area contributed by atoms with Gasteiger partial charge in [-0.25, -0.2) is 10.3 Å². The van der Waals surface area contributed by atoms with Crippen LogP contribution in [0.5, 0.6) is 0 Å². The number of hydrogen-bond donors (Lipinski definition) is 2. The summed E-state index contributed by atoms with van der Waals surface area (Å²) in [7, 11) is 1.37. The zero-order chi connectivity index (χ0) is 9.68. The Morgan fingerprint density at radius 2 is 2.31 bits per heavy atom. The molecule has 1 aromatic rings. The maximum atomic E-state index is 10.9. The van der Waals surface area contributed by atoms with Crippen molar-refractivity contribution >= 4 is 11.7 Å². The number of aryl methyl sites for hydroxylation is 1. The Hall–Kier alpha value is -1.62. The lowest BCUT2D eigenvalue weighted by Crippen LogP contribution is -2.27. The summed E-state index contributed by atoms with van der Waals surface area (Å²) in [6.07, 6.45) is 3.27. The van der Waals surface area contributed by atoms with Gasteiger partial charge in [0.25, 0.3) is 0 Å². The highest BCUT2D eigenvalue weighted by Gasteiger charge is 1.99. The number of amides is 2. The van der Waals surface area contributed by atoms with E-state index < -0.39 is 6.03 Å². The second-order valence-electron chi connectivity index (χ2n) is 2.51. The Bertz CT molecular complexity index is 301. The molecule has 1 heterocycles. The fourth-order valence-electron chi connectivity index (χ4n) is 0.873. The number of aromatic nitrogens is 1. The zero-order valence-electron chi connectivity index (χ0n) is 7.50. The summed E-state index contributed by atoms with van der Waals surface area (Å²) in [5, 5.41) is 2.55. The minimum absolute atomic E-state index is 0.421. The second-order valence-corrected chi connectivity index (χ2v) is 2.51. The van der Waals surface area contributed by atoms with Gasteiger partial charge in [-0.15, -0.1) is 0 Å². The van der Waals surface area contributed by atoms with E-state index in [1.807, 2.05) is 13.0 Å². The summed E-state index contributed by atoms with van der Waals surface area (Å²) >= 11 is 0. The molecule has 5 nitrogen and oxygen atoms in total. The molecule has 0 saturated heterocycles. The number of carbonyl (C=O) groups excluding carboxylic acids is 1. The molecule has 0 aromatic carbocycles. The van der Waals surface area contributed by atoms with Crippen molar-refractivity contribution in [1.82, 2.24) is 10.5 Å². The van der Waals surface area contributed by atoms with Gasteiger partial charge in [0.15, 0.2) is 0 Å². The summed E-state index contributed by atoms with van der Waals surface area (Å²) in [5.41, 5.74) is 3.75. The fourth-order valence-corrected chi connectivity index (χ4v) is 0.873.